The number of hydrogen-bond donors (Lipinski definition) is 1. The number of pyridine rings is 1. The van der Waals surface area contributed by atoms with E-state index in [2.05, 4.69) is 37.0 Å². The van der Waals surface area contributed by atoms with Crippen molar-refractivity contribution in [3.05, 3.63) is 54.6 Å². The Kier molecular flexibility index (Phi) is 3.89. The summed E-state index contributed by atoms with van der Waals surface area (Å²) in [5.41, 5.74) is 4.12. The molecule has 1 fully saturated rings. The summed E-state index contributed by atoms with van der Waals surface area (Å²) in [6.07, 6.45) is 8.92. The highest BCUT2D eigenvalue weighted by atomic mass is 16.5. The van der Waals surface area contributed by atoms with Crippen molar-refractivity contribution in [2.75, 3.05) is 18.6 Å². The van der Waals surface area contributed by atoms with Gasteiger partial charge in [-0.15, -0.1) is 0 Å². The number of nitrogens with zero attached hydrogens (tertiary/aromatic N) is 4. The van der Waals surface area contributed by atoms with Crippen LogP contribution in [0.15, 0.2) is 49.1 Å². The zero-order valence-corrected chi connectivity index (χ0v) is 15.2. The third-order valence-corrected chi connectivity index (χ3v) is 5.41. The van der Waals surface area contributed by atoms with Gasteiger partial charge in [0, 0.05) is 18.9 Å². The first-order valence-electron chi connectivity index (χ1n) is 9.33. The third kappa shape index (κ3) is 2.60. The van der Waals surface area contributed by atoms with Crippen LogP contribution in [0.3, 0.4) is 0 Å². The normalized spacial score (nSPS) is 17.5. The van der Waals surface area contributed by atoms with Crippen molar-refractivity contribution in [1.82, 2.24) is 19.9 Å². The summed E-state index contributed by atoms with van der Waals surface area (Å²) in [7, 11) is 1.69. The van der Waals surface area contributed by atoms with Crippen LogP contribution >= 0.6 is 0 Å². The van der Waals surface area contributed by atoms with Gasteiger partial charge in [0.05, 0.1) is 24.1 Å². The maximum Gasteiger partial charge on any atom is 0.156 e. The zero-order valence-electron chi connectivity index (χ0n) is 15.2. The lowest BCUT2D eigenvalue weighted by Crippen LogP contribution is -2.34. The van der Waals surface area contributed by atoms with Gasteiger partial charge in [0.25, 0.3) is 0 Å². The molecule has 1 aliphatic rings. The van der Waals surface area contributed by atoms with Gasteiger partial charge in [0.15, 0.2) is 5.82 Å². The molecule has 0 saturated carbocycles. The van der Waals surface area contributed by atoms with Crippen molar-refractivity contribution >= 4 is 27.8 Å². The van der Waals surface area contributed by atoms with Crippen LogP contribution in [-0.4, -0.2) is 33.6 Å². The van der Waals surface area contributed by atoms with Crippen molar-refractivity contribution in [3.8, 4) is 5.75 Å². The average Bonchev–Trinajstić information content (AvgIpc) is 3.13. The number of piperidine rings is 1. The first-order chi connectivity index (χ1) is 13.4. The van der Waals surface area contributed by atoms with Gasteiger partial charge in [0.2, 0.25) is 0 Å². The molecule has 1 aromatic carbocycles. The standard InChI is InChI=1S/C21H21N5O/c1-27-17-9-4-7-15-18(17)19-20(25-15)21(24-13-23-19)26-11-3-2-8-16(26)14-6-5-10-22-12-14/h4-7,9-10,12-13,16,25H,2-3,8,11H2,1H3. The maximum atomic E-state index is 5.57. The SMILES string of the molecule is COc1cccc2[nH]c3c(N4CCCCC4c4cccnc4)ncnc3c12. The average molecular weight is 359 g/mol. The van der Waals surface area contributed by atoms with Crippen LogP contribution in [0.2, 0.25) is 0 Å². The predicted octanol–water partition coefficient (Wildman–Crippen LogP) is 4.25. The van der Waals surface area contributed by atoms with E-state index in [1.54, 1.807) is 13.4 Å². The van der Waals surface area contributed by atoms with Gasteiger partial charge in [0.1, 0.15) is 23.1 Å². The van der Waals surface area contributed by atoms with Crippen LogP contribution in [0.5, 0.6) is 5.75 Å². The minimum atomic E-state index is 0.277. The number of H-pyrrole nitrogens is 1. The van der Waals surface area contributed by atoms with Crippen molar-refractivity contribution in [3.63, 3.8) is 0 Å². The fourth-order valence-electron chi connectivity index (χ4n) is 4.19. The second kappa shape index (κ2) is 6.54. The second-order valence-corrected chi connectivity index (χ2v) is 6.92. The highest BCUT2D eigenvalue weighted by Gasteiger charge is 2.28. The van der Waals surface area contributed by atoms with E-state index in [1.807, 2.05) is 30.6 Å². The van der Waals surface area contributed by atoms with Gasteiger partial charge in [-0.25, -0.2) is 9.97 Å². The van der Waals surface area contributed by atoms with Crippen molar-refractivity contribution in [2.45, 2.75) is 25.3 Å². The van der Waals surface area contributed by atoms with Gasteiger partial charge in [-0.3, -0.25) is 4.98 Å². The summed E-state index contributed by atoms with van der Waals surface area (Å²) in [4.78, 5) is 19.5. The van der Waals surface area contributed by atoms with Crippen molar-refractivity contribution in [1.29, 1.82) is 0 Å². The number of fused-ring (bicyclic) bond motifs is 3. The molecule has 0 amide bonds. The molecule has 6 heteroatoms. The molecule has 0 radical (unpaired) electrons. The van der Waals surface area contributed by atoms with E-state index in [1.165, 1.54) is 12.0 Å². The second-order valence-electron chi connectivity index (χ2n) is 6.92. The van der Waals surface area contributed by atoms with E-state index in [-0.39, 0.29) is 6.04 Å². The molecule has 5 rings (SSSR count). The molecule has 1 saturated heterocycles. The topological polar surface area (TPSA) is 66.9 Å². The first kappa shape index (κ1) is 16.1. The number of methoxy groups -OCH3 is 1. The molecule has 136 valence electrons. The van der Waals surface area contributed by atoms with Gasteiger partial charge in [-0.1, -0.05) is 12.1 Å². The Hall–Kier alpha value is -3.15. The zero-order chi connectivity index (χ0) is 18.2. The highest BCUT2D eigenvalue weighted by molar-refractivity contribution is 6.11. The van der Waals surface area contributed by atoms with Crippen LogP contribution in [-0.2, 0) is 0 Å². The lowest BCUT2D eigenvalue weighted by molar-refractivity contribution is 0.420. The third-order valence-electron chi connectivity index (χ3n) is 5.41. The fourth-order valence-corrected chi connectivity index (χ4v) is 4.19. The summed E-state index contributed by atoms with van der Waals surface area (Å²) in [5.74, 6) is 1.78. The molecule has 1 atom stereocenters. The van der Waals surface area contributed by atoms with Crippen molar-refractivity contribution < 1.29 is 4.74 Å². The molecule has 4 heterocycles. The number of benzene rings is 1. The predicted molar refractivity (Wildman–Crippen MR) is 106 cm³/mol. The maximum absolute atomic E-state index is 5.57. The Morgan fingerprint density at radius 2 is 2.11 bits per heavy atom. The molecule has 1 aliphatic heterocycles. The summed E-state index contributed by atoms with van der Waals surface area (Å²) in [6, 6.07) is 10.4. The van der Waals surface area contributed by atoms with Crippen LogP contribution in [0.4, 0.5) is 5.82 Å². The van der Waals surface area contributed by atoms with Crippen LogP contribution in [0, 0.1) is 0 Å². The lowest BCUT2D eigenvalue weighted by atomic mass is 9.96. The molecule has 3 aromatic heterocycles. The molecule has 1 N–H and O–H groups in total. The number of aromatic nitrogens is 4. The monoisotopic (exact) mass is 359 g/mol. The molecule has 27 heavy (non-hydrogen) atoms. The summed E-state index contributed by atoms with van der Waals surface area (Å²) in [5, 5.41) is 1.01. The van der Waals surface area contributed by atoms with Gasteiger partial charge in [-0.2, -0.15) is 0 Å². The quantitative estimate of drug-likeness (QED) is 0.592. The molecule has 6 nitrogen and oxygen atoms in total. The Bertz CT molecular complexity index is 1090. The minimum absolute atomic E-state index is 0.277. The van der Waals surface area contributed by atoms with Crippen molar-refractivity contribution in [2.24, 2.45) is 0 Å². The molecular weight excluding hydrogens is 338 g/mol. The number of ether oxygens (including phenoxy) is 1. The molecular formula is C21H21N5O. The van der Waals surface area contributed by atoms with Gasteiger partial charge >= 0.3 is 0 Å². The Balaban J connectivity index is 1.70. The van der Waals surface area contributed by atoms with E-state index >= 15 is 0 Å². The fraction of sp³-hybridized carbons (Fsp3) is 0.286. The highest BCUT2D eigenvalue weighted by Crippen LogP contribution is 2.39. The minimum Gasteiger partial charge on any atom is -0.496 e. The Labute approximate surface area is 157 Å². The summed E-state index contributed by atoms with van der Waals surface area (Å²) in [6.45, 7) is 0.970. The van der Waals surface area contributed by atoms with Gasteiger partial charge in [-0.05, 0) is 43.0 Å². The Morgan fingerprint density at radius 3 is 2.96 bits per heavy atom. The summed E-state index contributed by atoms with van der Waals surface area (Å²) >= 11 is 0. The number of anilines is 1. The summed E-state index contributed by atoms with van der Waals surface area (Å²) < 4.78 is 5.57. The number of nitrogens with one attached hydrogen (secondary N) is 1. The number of hydrogen-bond acceptors (Lipinski definition) is 5. The lowest BCUT2D eigenvalue weighted by Gasteiger charge is -2.36. The number of rotatable bonds is 3. The first-order valence-corrected chi connectivity index (χ1v) is 9.33. The molecule has 0 aliphatic carbocycles. The smallest absolute Gasteiger partial charge is 0.156 e. The van der Waals surface area contributed by atoms with E-state index in [9.17, 15) is 0 Å². The van der Waals surface area contributed by atoms with Gasteiger partial charge < -0.3 is 14.6 Å². The Morgan fingerprint density at radius 1 is 1.15 bits per heavy atom. The van der Waals surface area contributed by atoms with E-state index in [0.717, 1.165) is 52.9 Å². The number of aromatic amines is 1. The van der Waals surface area contributed by atoms with E-state index < -0.39 is 0 Å². The molecule has 1 unspecified atom stereocenters. The van der Waals surface area contributed by atoms with Crippen LogP contribution < -0.4 is 9.64 Å². The molecule has 0 bridgehead atoms. The van der Waals surface area contributed by atoms with E-state index in [0.29, 0.717) is 0 Å². The molecule has 0 spiro atoms. The largest absolute Gasteiger partial charge is 0.496 e. The molecule has 4 aromatic rings. The van der Waals surface area contributed by atoms with Crippen LogP contribution in [0.25, 0.3) is 21.9 Å². The van der Waals surface area contributed by atoms with E-state index in [4.69, 9.17) is 4.74 Å². The van der Waals surface area contributed by atoms with Crippen LogP contribution in [0.1, 0.15) is 30.9 Å².